The highest BCUT2D eigenvalue weighted by atomic mass is 32.1. The molecule has 0 N–H and O–H groups in total. The lowest BCUT2D eigenvalue weighted by atomic mass is 10.2. The smallest absolute Gasteiger partial charge is 0.289 e. The van der Waals surface area contributed by atoms with E-state index in [1.165, 1.54) is 11.1 Å². The molecule has 2 heterocycles. The Morgan fingerprint density at radius 3 is 2.81 bits per heavy atom. The lowest BCUT2D eigenvalue weighted by Crippen LogP contribution is -2.28. The number of carbonyl (C=O) groups excluding carboxylic acids is 1. The van der Waals surface area contributed by atoms with Crippen LogP contribution in [0.25, 0.3) is 0 Å². The Bertz CT molecular complexity index is 447. The van der Waals surface area contributed by atoms with Crippen LogP contribution in [0.15, 0.2) is 40.3 Å². The Balaban J connectivity index is 2.14. The molecule has 3 nitrogen and oxygen atoms in total. The number of hydrogen-bond donors (Lipinski definition) is 0. The van der Waals surface area contributed by atoms with Crippen LogP contribution in [0.3, 0.4) is 0 Å². The van der Waals surface area contributed by atoms with Crippen molar-refractivity contribution in [3.63, 3.8) is 0 Å². The summed E-state index contributed by atoms with van der Waals surface area (Å²) in [6.45, 7) is 2.01. The highest BCUT2D eigenvalue weighted by Crippen LogP contribution is 2.24. The van der Waals surface area contributed by atoms with Crippen molar-refractivity contribution in [3.05, 3.63) is 46.5 Å². The molecule has 1 unspecified atom stereocenters. The summed E-state index contributed by atoms with van der Waals surface area (Å²) in [7, 11) is 1.79. The fraction of sp³-hybridized carbons (Fsp3) is 0.250. The maximum atomic E-state index is 12.0. The van der Waals surface area contributed by atoms with Gasteiger partial charge in [-0.3, -0.25) is 4.79 Å². The van der Waals surface area contributed by atoms with Gasteiger partial charge in [-0.2, -0.15) is 0 Å². The topological polar surface area (TPSA) is 33.5 Å². The lowest BCUT2D eigenvalue weighted by Gasteiger charge is -2.22. The molecular weight excluding hydrogens is 222 g/mol. The fourth-order valence-corrected chi connectivity index (χ4v) is 2.30. The van der Waals surface area contributed by atoms with E-state index in [1.54, 1.807) is 35.4 Å². The summed E-state index contributed by atoms with van der Waals surface area (Å²) in [5.41, 5.74) is 0. The Kier molecular flexibility index (Phi) is 3.10. The fourth-order valence-electron chi connectivity index (χ4n) is 1.47. The summed E-state index contributed by atoms with van der Waals surface area (Å²) in [5.74, 6) is 0.289. The first-order valence-corrected chi connectivity index (χ1v) is 5.92. The second-order valence-electron chi connectivity index (χ2n) is 3.58. The Hall–Kier alpha value is -1.55. The number of amides is 1. The van der Waals surface area contributed by atoms with Gasteiger partial charge in [-0.05, 0) is 30.5 Å². The zero-order chi connectivity index (χ0) is 11.5. The maximum Gasteiger partial charge on any atom is 0.289 e. The van der Waals surface area contributed by atoms with Gasteiger partial charge in [0.05, 0.1) is 12.3 Å². The van der Waals surface area contributed by atoms with Crippen molar-refractivity contribution in [1.82, 2.24) is 4.90 Å². The quantitative estimate of drug-likeness (QED) is 0.818. The standard InChI is InChI=1S/C12H13NO2S/c1-9(11-6-4-8-16-11)13(2)12(14)10-5-3-7-15-10/h3-9H,1-2H3. The van der Waals surface area contributed by atoms with Crippen LogP contribution in [0.2, 0.25) is 0 Å². The molecular formula is C12H13NO2S. The monoisotopic (exact) mass is 235 g/mol. The van der Waals surface area contributed by atoms with Crippen LogP contribution in [-0.4, -0.2) is 17.9 Å². The lowest BCUT2D eigenvalue weighted by molar-refractivity contribution is 0.0713. The minimum Gasteiger partial charge on any atom is -0.459 e. The summed E-state index contributed by atoms with van der Waals surface area (Å²) >= 11 is 1.65. The molecule has 0 aliphatic carbocycles. The van der Waals surface area contributed by atoms with Crippen LogP contribution in [0, 0.1) is 0 Å². The van der Waals surface area contributed by atoms with Crippen molar-refractivity contribution in [2.75, 3.05) is 7.05 Å². The third-order valence-corrected chi connectivity index (χ3v) is 3.63. The van der Waals surface area contributed by atoms with Gasteiger partial charge in [0, 0.05) is 11.9 Å². The van der Waals surface area contributed by atoms with E-state index in [0.717, 1.165) is 0 Å². The maximum absolute atomic E-state index is 12.0. The first-order valence-electron chi connectivity index (χ1n) is 5.04. The highest BCUT2D eigenvalue weighted by Gasteiger charge is 2.21. The number of rotatable bonds is 3. The second-order valence-corrected chi connectivity index (χ2v) is 4.56. The molecule has 0 saturated carbocycles. The Labute approximate surface area is 98.3 Å². The number of furan rings is 1. The van der Waals surface area contributed by atoms with Crippen LogP contribution in [-0.2, 0) is 0 Å². The molecule has 0 saturated heterocycles. The molecule has 0 aromatic carbocycles. The average Bonchev–Trinajstić information content (AvgIpc) is 2.97. The van der Waals surface area contributed by atoms with Gasteiger partial charge in [0.1, 0.15) is 0 Å². The van der Waals surface area contributed by atoms with Crippen LogP contribution >= 0.6 is 11.3 Å². The van der Waals surface area contributed by atoms with Crippen molar-refractivity contribution in [2.24, 2.45) is 0 Å². The van der Waals surface area contributed by atoms with Gasteiger partial charge in [0.25, 0.3) is 5.91 Å². The molecule has 2 aromatic heterocycles. The second kappa shape index (κ2) is 4.53. The molecule has 2 rings (SSSR count). The molecule has 2 aromatic rings. The number of hydrogen-bond acceptors (Lipinski definition) is 3. The van der Waals surface area contributed by atoms with E-state index < -0.39 is 0 Å². The Morgan fingerprint density at radius 2 is 2.25 bits per heavy atom. The predicted molar refractivity (Wildman–Crippen MR) is 63.5 cm³/mol. The van der Waals surface area contributed by atoms with Crippen LogP contribution in [0.5, 0.6) is 0 Å². The van der Waals surface area contributed by atoms with E-state index in [1.807, 2.05) is 24.4 Å². The van der Waals surface area contributed by atoms with E-state index in [2.05, 4.69) is 0 Å². The molecule has 0 aliphatic rings. The third-order valence-electron chi connectivity index (χ3n) is 2.59. The Morgan fingerprint density at radius 1 is 1.44 bits per heavy atom. The predicted octanol–water partition coefficient (Wildman–Crippen LogP) is 3.17. The molecule has 1 amide bonds. The molecule has 0 bridgehead atoms. The number of thiophene rings is 1. The van der Waals surface area contributed by atoms with Crippen molar-refractivity contribution >= 4 is 17.2 Å². The molecule has 0 fully saturated rings. The summed E-state index contributed by atoms with van der Waals surface area (Å²) in [5, 5.41) is 2.01. The highest BCUT2D eigenvalue weighted by molar-refractivity contribution is 7.10. The first kappa shape index (κ1) is 11.0. The summed E-state index contributed by atoms with van der Waals surface area (Å²) in [6.07, 6.45) is 1.51. The summed E-state index contributed by atoms with van der Waals surface area (Å²) < 4.78 is 5.10. The van der Waals surface area contributed by atoms with Gasteiger partial charge < -0.3 is 9.32 Å². The zero-order valence-corrected chi connectivity index (χ0v) is 10.0. The number of carbonyl (C=O) groups is 1. The van der Waals surface area contributed by atoms with Crippen LogP contribution < -0.4 is 0 Å². The van der Waals surface area contributed by atoms with E-state index in [9.17, 15) is 4.79 Å². The van der Waals surface area contributed by atoms with Gasteiger partial charge >= 0.3 is 0 Å². The average molecular weight is 235 g/mol. The van der Waals surface area contributed by atoms with E-state index in [-0.39, 0.29) is 11.9 Å². The van der Waals surface area contributed by atoms with E-state index >= 15 is 0 Å². The van der Waals surface area contributed by atoms with Crippen LogP contribution in [0.4, 0.5) is 0 Å². The summed E-state index contributed by atoms with van der Waals surface area (Å²) in [4.78, 5) is 14.8. The van der Waals surface area contributed by atoms with Gasteiger partial charge in [0.15, 0.2) is 5.76 Å². The van der Waals surface area contributed by atoms with Gasteiger partial charge in [0.2, 0.25) is 0 Å². The SMILES string of the molecule is CC(c1cccs1)N(C)C(=O)c1ccco1. The minimum atomic E-state index is -0.0918. The molecule has 0 radical (unpaired) electrons. The molecule has 16 heavy (non-hydrogen) atoms. The van der Waals surface area contributed by atoms with Crippen LogP contribution in [0.1, 0.15) is 28.4 Å². The van der Waals surface area contributed by atoms with Gasteiger partial charge in [-0.1, -0.05) is 6.07 Å². The van der Waals surface area contributed by atoms with Crippen molar-refractivity contribution in [1.29, 1.82) is 0 Å². The van der Waals surface area contributed by atoms with Crippen molar-refractivity contribution < 1.29 is 9.21 Å². The summed E-state index contributed by atoms with van der Waals surface area (Å²) in [6, 6.07) is 7.48. The van der Waals surface area contributed by atoms with Gasteiger partial charge in [-0.15, -0.1) is 11.3 Å². The normalized spacial score (nSPS) is 12.4. The number of nitrogens with zero attached hydrogens (tertiary/aromatic N) is 1. The van der Waals surface area contributed by atoms with Crippen molar-refractivity contribution in [3.8, 4) is 0 Å². The molecule has 0 aliphatic heterocycles. The third kappa shape index (κ3) is 2.02. The molecule has 0 spiro atoms. The van der Waals surface area contributed by atoms with Gasteiger partial charge in [-0.25, -0.2) is 0 Å². The van der Waals surface area contributed by atoms with E-state index in [4.69, 9.17) is 4.42 Å². The minimum absolute atomic E-state index is 0.0672. The largest absolute Gasteiger partial charge is 0.459 e. The molecule has 84 valence electrons. The van der Waals surface area contributed by atoms with Crippen molar-refractivity contribution in [2.45, 2.75) is 13.0 Å². The zero-order valence-electron chi connectivity index (χ0n) is 9.21. The molecule has 1 atom stereocenters. The van der Waals surface area contributed by atoms with E-state index in [0.29, 0.717) is 5.76 Å². The molecule has 4 heteroatoms. The first-order chi connectivity index (χ1) is 7.70.